The average Bonchev–Trinajstić information content (AvgIpc) is 3.20. The molecular formula is C20H14F6N4O2. The van der Waals surface area contributed by atoms with E-state index in [1.807, 2.05) is 0 Å². The van der Waals surface area contributed by atoms with Crippen molar-refractivity contribution in [3.8, 4) is 17.2 Å². The number of aromatic nitrogens is 2. The smallest absolute Gasteiger partial charge is 0.407 e. The minimum absolute atomic E-state index is 0.0222. The summed E-state index contributed by atoms with van der Waals surface area (Å²) in [4.78, 5) is 3.40. The van der Waals surface area contributed by atoms with E-state index in [0.717, 1.165) is 12.1 Å². The number of rotatable bonds is 6. The van der Waals surface area contributed by atoms with Crippen molar-refractivity contribution in [2.75, 3.05) is 18.6 Å². The molecule has 2 aromatic carbocycles. The van der Waals surface area contributed by atoms with Gasteiger partial charge in [-0.25, -0.2) is 4.85 Å². The minimum Gasteiger partial charge on any atom is -0.497 e. The number of hydrogen-bond acceptors (Lipinski definition) is 5. The minimum atomic E-state index is -4.91. The Balaban J connectivity index is 1.93. The van der Waals surface area contributed by atoms with Crippen LogP contribution < -0.4 is 9.64 Å². The van der Waals surface area contributed by atoms with Crippen LogP contribution in [0.4, 0.5) is 37.7 Å². The molecule has 0 aliphatic carbocycles. The van der Waals surface area contributed by atoms with E-state index in [-0.39, 0.29) is 11.8 Å². The van der Waals surface area contributed by atoms with Gasteiger partial charge in [-0.05, 0) is 36.4 Å². The normalized spacial score (nSPS) is 11.8. The number of halogens is 6. The molecule has 3 rings (SSSR count). The van der Waals surface area contributed by atoms with Crippen molar-refractivity contribution >= 4 is 11.4 Å². The molecule has 6 nitrogen and oxygen atoms in total. The number of alkyl halides is 6. The Morgan fingerprint density at radius 3 is 2.28 bits per heavy atom. The Hall–Kier alpha value is -3.75. The highest BCUT2D eigenvalue weighted by molar-refractivity contribution is 5.62. The quantitative estimate of drug-likeness (QED) is 0.342. The van der Waals surface area contributed by atoms with Crippen LogP contribution >= 0.6 is 0 Å². The zero-order valence-corrected chi connectivity index (χ0v) is 16.3. The highest BCUT2D eigenvalue weighted by Crippen LogP contribution is 2.39. The second kappa shape index (κ2) is 8.78. The van der Waals surface area contributed by atoms with Crippen LogP contribution in [0.5, 0.6) is 5.75 Å². The highest BCUT2D eigenvalue weighted by Gasteiger charge is 2.36. The first kappa shape index (κ1) is 22.9. The molecule has 0 radical (unpaired) electrons. The van der Waals surface area contributed by atoms with Crippen LogP contribution in [0.15, 0.2) is 46.9 Å². The first-order valence-electron chi connectivity index (χ1n) is 8.87. The largest absolute Gasteiger partial charge is 0.497 e. The molecule has 0 bridgehead atoms. The molecule has 32 heavy (non-hydrogen) atoms. The van der Waals surface area contributed by atoms with Crippen molar-refractivity contribution < 1.29 is 35.5 Å². The van der Waals surface area contributed by atoms with Gasteiger partial charge in [0.1, 0.15) is 12.3 Å². The van der Waals surface area contributed by atoms with Crippen molar-refractivity contribution in [1.82, 2.24) is 10.2 Å². The first-order valence-corrected chi connectivity index (χ1v) is 8.87. The molecule has 0 spiro atoms. The van der Waals surface area contributed by atoms with Gasteiger partial charge in [0.2, 0.25) is 11.8 Å². The monoisotopic (exact) mass is 456 g/mol. The molecule has 0 saturated heterocycles. The lowest BCUT2D eigenvalue weighted by Crippen LogP contribution is -2.34. The zero-order valence-electron chi connectivity index (χ0n) is 16.3. The van der Waals surface area contributed by atoms with Crippen molar-refractivity contribution in [3.05, 3.63) is 65.3 Å². The van der Waals surface area contributed by atoms with Crippen LogP contribution in [0.3, 0.4) is 0 Å². The Bertz CT molecular complexity index is 1120. The van der Waals surface area contributed by atoms with Gasteiger partial charge in [0.25, 0.3) is 0 Å². The molecule has 0 N–H and O–H groups in total. The van der Waals surface area contributed by atoms with Gasteiger partial charge in [0.05, 0.1) is 25.8 Å². The summed E-state index contributed by atoms with van der Waals surface area (Å²) >= 11 is 0. The fraction of sp³-hybridized carbons (Fsp3) is 0.250. The number of hydrogen-bond donors (Lipinski definition) is 0. The maximum Gasteiger partial charge on any atom is 0.407 e. The maximum absolute atomic E-state index is 13.3. The molecule has 0 unspecified atom stereocenters. The van der Waals surface area contributed by atoms with E-state index in [1.165, 1.54) is 7.11 Å². The number of anilines is 1. The van der Waals surface area contributed by atoms with Crippen LogP contribution in [0.1, 0.15) is 11.5 Å². The van der Waals surface area contributed by atoms with E-state index in [4.69, 9.17) is 15.7 Å². The first-order chi connectivity index (χ1) is 15.0. The van der Waals surface area contributed by atoms with Gasteiger partial charge >= 0.3 is 12.4 Å². The van der Waals surface area contributed by atoms with E-state index in [2.05, 4.69) is 15.0 Å². The molecule has 0 aliphatic heterocycles. The Morgan fingerprint density at radius 1 is 1.03 bits per heavy atom. The molecule has 0 amide bonds. The second-order valence-electron chi connectivity index (χ2n) is 6.51. The number of nitrogens with zero attached hydrogens (tertiary/aromatic N) is 4. The summed E-state index contributed by atoms with van der Waals surface area (Å²) in [5.41, 5.74) is -1.96. The topological polar surface area (TPSA) is 55.8 Å². The lowest BCUT2D eigenvalue weighted by atomic mass is 10.1. The number of methoxy groups -OCH3 is 1. The fourth-order valence-electron chi connectivity index (χ4n) is 2.83. The molecule has 12 heteroatoms. The standard InChI is InChI=1S/C20H14F6N4O2/c1-27-16-8-5-13(9-15(16)20(24,25)26)30(11-19(21,22)23)10-17-28-29-18(32-17)12-3-6-14(31-2)7-4-12/h3-9H,10-11H2,2H3. The van der Waals surface area contributed by atoms with Gasteiger partial charge in [-0.1, -0.05) is 6.07 Å². The maximum atomic E-state index is 13.3. The molecule has 3 aromatic rings. The van der Waals surface area contributed by atoms with Gasteiger partial charge in [-0.2, -0.15) is 26.3 Å². The van der Waals surface area contributed by atoms with Gasteiger partial charge in [0, 0.05) is 11.3 Å². The van der Waals surface area contributed by atoms with Gasteiger partial charge < -0.3 is 14.1 Å². The second-order valence-corrected chi connectivity index (χ2v) is 6.51. The molecule has 0 atom stereocenters. The van der Waals surface area contributed by atoms with Crippen LogP contribution in [0, 0.1) is 6.57 Å². The van der Waals surface area contributed by atoms with Crippen LogP contribution in [0.2, 0.25) is 0 Å². The molecule has 0 fully saturated rings. The predicted molar refractivity (Wildman–Crippen MR) is 101 cm³/mol. The van der Waals surface area contributed by atoms with Crippen molar-refractivity contribution in [2.45, 2.75) is 18.9 Å². The molecular weight excluding hydrogens is 442 g/mol. The third kappa shape index (κ3) is 5.48. The summed E-state index contributed by atoms with van der Waals surface area (Å²) in [6.07, 6.45) is -9.64. The van der Waals surface area contributed by atoms with Crippen LogP contribution in [0.25, 0.3) is 16.3 Å². The number of ether oxygens (including phenoxy) is 1. The van der Waals surface area contributed by atoms with Gasteiger partial charge in [0.15, 0.2) is 5.69 Å². The molecule has 0 aliphatic rings. The van der Waals surface area contributed by atoms with E-state index in [0.29, 0.717) is 22.3 Å². The molecule has 0 saturated carbocycles. The van der Waals surface area contributed by atoms with E-state index < -0.39 is 42.4 Å². The summed E-state index contributed by atoms with van der Waals surface area (Å²) in [5, 5.41) is 7.49. The summed E-state index contributed by atoms with van der Waals surface area (Å²) in [7, 11) is 1.48. The van der Waals surface area contributed by atoms with Crippen molar-refractivity contribution in [3.63, 3.8) is 0 Å². The lowest BCUT2D eigenvalue weighted by Gasteiger charge is -2.25. The third-order valence-corrected chi connectivity index (χ3v) is 4.27. The predicted octanol–water partition coefficient (Wildman–Crippen LogP) is 5.88. The third-order valence-electron chi connectivity index (χ3n) is 4.27. The fourth-order valence-corrected chi connectivity index (χ4v) is 2.83. The number of benzene rings is 2. The van der Waals surface area contributed by atoms with Crippen LogP contribution in [-0.4, -0.2) is 30.0 Å². The lowest BCUT2D eigenvalue weighted by molar-refractivity contribution is -0.136. The van der Waals surface area contributed by atoms with Crippen molar-refractivity contribution in [2.24, 2.45) is 0 Å². The molecule has 1 heterocycles. The van der Waals surface area contributed by atoms with E-state index in [9.17, 15) is 26.3 Å². The SMILES string of the molecule is [C-]#[N+]c1ccc(N(Cc2nnc(-c3ccc(OC)cc3)o2)CC(F)(F)F)cc1C(F)(F)F. The zero-order chi connectivity index (χ0) is 23.5. The van der Waals surface area contributed by atoms with Gasteiger partial charge in [-0.15, -0.1) is 10.2 Å². The molecule has 1 aromatic heterocycles. The van der Waals surface area contributed by atoms with Crippen LogP contribution in [-0.2, 0) is 12.7 Å². The molecule has 168 valence electrons. The summed E-state index contributed by atoms with van der Waals surface area (Å²) in [5.74, 6) is 0.352. The summed E-state index contributed by atoms with van der Waals surface area (Å²) < 4.78 is 89.6. The summed E-state index contributed by atoms with van der Waals surface area (Å²) in [6.45, 7) is 4.70. The van der Waals surface area contributed by atoms with E-state index in [1.54, 1.807) is 24.3 Å². The Labute approximate surface area is 177 Å². The van der Waals surface area contributed by atoms with E-state index >= 15 is 0 Å². The van der Waals surface area contributed by atoms with Gasteiger partial charge in [-0.3, -0.25) is 0 Å². The average molecular weight is 456 g/mol. The highest BCUT2D eigenvalue weighted by atomic mass is 19.4. The van der Waals surface area contributed by atoms with Crippen molar-refractivity contribution in [1.29, 1.82) is 0 Å². The Morgan fingerprint density at radius 2 is 1.72 bits per heavy atom. The summed E-state index contributed by atoms with van der Waals surface area (Å²) in [6, 6.07) is 8.77. The Kier molecular flexibility index (Phi) is 6.29.